The normalized spacial score (nSPS) is 25.1. The molecule has 0 spiro atoms. The molecule has 1 atom stereocenters. The van der Waals surface area contributed by atoms with Crippen LogP contribution < -0.4 is 4.72 Å². The van der Waals surface area contributed by atoms with Crippen LogP contribution in [-0.4, -0.2) is 22.3 Å². The van der Waals surface area contributed by atoms with E-state index in [0.717, 1.165) is 12.8 Å². The van der Waals surface area contributed by atoms with E-state index in [9.17, 15) is 8.60 Å². The van der Waals surface area contributed by atoms with Crippen molar-refractivity contribution in [3.8, 4) is 0 Å². The quantitative estimate of drug-likeness (QED) is 0.849. The fraction of sp³-hybridized carbons (Fsp3) is 0.500. The number of aromatic nitrogens is 1. The van der Waals surface area contributed by atoms with Gasteiger partial charge >= 0.3 is 0 Å². The molecule has 7 heteroatoms. The average Bonchev–Trinajstić information content (AvgIpc) is 2.49. The summed E-state index contributed by atoms with van der Waals surface area (Å²) >= 11 is 3.17. The van der Waals surface area contributed by atoms with Crippen LogP contribution >= 0.6 is 15.9 Å². The Kier molecular flexibility index (Phi) is 4.11. The molecule has 1 aliphatic rings. The van der Waals surface area contributed by atoms with Gasteiger partial charge in [0.25, 0.3) is 0 Å². The molecule has 1 unspecified atom stereocenters. The van der Waals surface area contributed by atoms with Gasteiger partial charge in [-0.2, -0.15) is 0 Å². The number of nitrogens with one attached hydrogen (secondary N) is 1. The molecule has 0 aromatic carbocycles. The maximum Gasteiger partial charge on any atom is 0.145 e. The van der Waals surface area contributed by atoms with Crippen molar-refractivity contribution in [2.75, 3.05) is 13.1 Å². The molecule has 2 rings (SSSR count). The predicted molar refractivity (Wildman–Crippen MR) is 68.3 cm³/mol. The van der Waals surface area contributed by atoms with Gasteiger partial charge < -0.3 is 0 Å². The zero-order chi connectivity index (χ0) is 12.3. The number of hydrogen-bond acceptors (Lipinski definition) is 3. The van der Waals surface area contributed by atoms with Crippen LogP contribution in [0.15, 0.2) is 21.1 Å². The van der Waals surface area contributed by atoms with E-state index in [1.54, 1.807) is 0 Å². The Balaban J connectivity index is 2.28. The van der Waals surface area contributed by atoms with Gasteiger partial charge in [0.2, 0.25) is 0 Å². The monoisotopic (exact) mass is 321 g/mol. The summed E-state index contributed by atoms with van der Waals surface area (Å²) in [6.45, 7) is 1.21. The maximum absolute atomic E-state index is 13.5. The predicted octanol–water partition coefficient (Wildman–Crippen LogP) is 2.25. The van der Waals surface area contributed by atoms with Crippen LogP contribution in [0.2, 0.25) is 0 Å². The van der Waals surface area contributed by atoms with Crippen LogP contribution in [0.3, 0.4) is 0 Å². The van der Waals surface area contributed by atoms with Crippen LogP contribution in [0.5, 0.6) is 0 Å². The van der Waals surface area contributed by atoms with Crippen LogP contribution in [0.25, 0.3) is 0 Å². The second-order valence-electron chi connectivity index (χ2n) is 3.80. The molecule has 1 N–H and O–H groups in total. The minimum atomic E-state index is -2.57. The zero-order valence-electron chi connectivity index (χ0n) is 9.16. The summed E-state index contributed by atoms with van der Waals surface area (Å²) in [5.41, 5.74) is 0.183. The van der Waals surface area contributed by atoms with Crippen molar-refractivity contribution in [1.82, 2.24) is 9.71 Å². The minimum Gasteiger partial charge on any atom is -0.242 e. The van der Waals surface area contributed by atoms with E-state index in [-0.39, 0.29) is 11.4 Å². The Morgan fingerprint density at radius 3 is 3.12 bits per heavy atom. The zero-order valence-corrected chi connectivity index (χ0v) is 11.6. The summed E-state index contributed by atoms with van der Waals surface area (Å²) in [4.78, 5) is 4.01. The van der Waals surface area contributed by atoms with Gasteiger partial charge in [0, 0.05) is 13.1 Å². The van der Waals surface area contributed by atoms with Gasteiger partial charge in [-0.25, -0.2) is 22.7 Å². The molecule has 0 fully saturated rings. The fourth-order valence-corrected chi connectivity index (χ4v) is 3.66. The van der Waals surface area contributed by atoms with Crippen molar-refractivity contribution < 1.29 is 8.60 Å². The first-order valence-corrected chi connectivity index (χ1v) is 7.83. The van der Waals surface area contributed by atoms with Gasteiger partial charge in [-0.05, 0) is 40.9 Å². The van der Waals surface area contributed by atoms with Crippen LogP contribution in [0.4, 0.5) is 4.39 Å². The van der Waals surface area contributed by atoms with E-state index in [4.69, 9.17) is 0 Å². The van der Waals surface area contributed by atoms with Crippen LogP contribution in [0, 0.1) is 5.82 Å². The first-order chi connectivity index (χ1) is 8.09. The van der Waals surface area contributed by atoms with Crippen molar-refractivity contribution in [3.63, 3.8) is 0 Å². The summed E-state index contributed by atoms with van der Waals surface area (Å²) in [6.07, 6.45) is 1.85. The number of rotatable bonds is 2. The highest BCUT2D eigenvalue weighted by molar-refractivity contribution is 9.10. The van der Waals surface area contributed by atoms with Crippen LogP contribution in [-0.2, 0) is 15.7 Å². The SMILES string of the molecule is O=S1(Cc2nc(Br)ccc2F)=NCCCCN1. The first-order valence-electron chi connectivity index (χ1n) is 5.35. The molecule has 0 amide bonds. The molecule has 0 bridgehead atoms. The summed E-state index contributed by atoms with van der Waals surface area (Å²) in [6, 6.07) is 2.83. The van der Waals surface area contributed by atoms with E-state index in [1.807, 2.05) is 0 Å². The molecule has 1 aromatic rings. The number of hydrogen-bond donors (Lipinski definition) is 1. The molecule has 0 radical (unpaired) electrons. The average molecular weight is 322 g/mol. The van der Waals surface area contributed by atoms with E-state index < -0.39 is 15.7 Å². The summed E-state index contributed by atoms with van der Waals surface area (Å²) in [5.74, 6) is -0.435. The second-order valence-corrected chi connectivity index (χ2v) is 6.73. The Morgan fingerprint density at radius 2 is 2.29 bits per heavy atom. The van der Waals surface area contributed by atoms with Gasteiger partial charge in [0.05, 0.1) is 11.4 Å². The van der Waals surface area contributed by atoms with Crippen molar-refractivity contribution in [1.29, 1.82) is 0 Å². The summed E-state index contributed by atoms with van der Waals surface area (Å²) in [5, 5.41) is 0. The third-order valence-corrected chi connectivity index (χ3v) is 4.79. The van der Waals surface area contributed by atoms with E-state index >= 15 is 0 Å². The van der Waals surface area contributed by atoms with Crippen molar-refractivity contribution >= 4 is 25.8 Å². The Hall–Kier alpha value is -0.530. The lowest BCUT2D eigenvalue weighted by Crippen LogP contribution is -2.25. The smallest absolute Gasteiger partial charge is 0.145 e. The van der Waals surface area contributed by atoms with E-state index in [1.165, 1.54) is 12.1 Å². The highest BCUT2D eigenvalue weighted by atomic mass is 79.9. The maximum atomic E-state index is 13.5. The lowest BCUT2D eigenvalue weighted by Gasteiger charge is -2.09. The Labute approximate surface area is 108 Å². The molecule has 1 aliphatic heterocycles. The van der Waals surface area contributed by atoms with E-state index in [0.29, 0.717) is 17.7 Å². The fourth-order valence-electron chi connectivity index (χ4n) is 1.57. The Morgan fingerprint density at radius 1 is 1.47 bits per heavy atom. The molecule has 1 aromatic heterocycles. The van der Waals surface area contributed by atoms with E-state index in [2.05, 4.69) is 30.0 Å². The number of halogens is 2. The molecule has 0 aliphatic carbocycles. The summed E-state index contributed by atoms with van der Waals surface area (Å²) < 4.78 is 33.4. The third-order valence-electron chi connectivity index (χ3n) is 2.43. The third kappa shape index (κ3) is 3.46. The lowest BCUT2D eigenvalue weighted by molar-refractivity contribution is 0.603. The second kappa shape index (κ2) is 5.41. The van der Waals surface area contributed by atoms with Gasteiger partial charge in [-0.1, -0.05) is 0 Å². The highest BCUT2D eigenvalue weighted by Gasteiger charge is 2.16. The topological polar surface area (TPSA) is 54.4 Å². The van der Waals surface area contributed by atoms with Crippen LogP contribution in [0.1, 0.15) is 18.5 Å². The van der Waals surface area contributed by atoms with Gasteiger partial charge in [0.1, 0.15) is 20.3 Å². The largest absolute Gasteiger partial charge is 0.242 e. The molecular weight excluding hydrogens is 309 g/mol. The highest BCUT2D eigenvalue weighted by Crippen LogP contribution is 2.15. The Bertz CT molecular complexity index is 528. The molecule has 0 saturated carbocycles. The van der Waals surface area contributed by atoms with Crippen molar-refractivity contribution in [3.05, 3.63) is 28.2 Å². The molecule has 4 nitrogen and oxygen atoms in total. The molecule has 0 saturated heterocycles. The van der Waals surface area contributed by atoms with Gasteiger partial charge in [-0.3, -0.25) is 0 Å². The molecule has 17 heavy (non-hydrogen) atoms. The molecule has 2 heterocycles. The lowest BCUT2D eigenvalue weighted by atomic mass is 10.3. The molecular formula is C10H13BrFN3OS. The van der Waals surface area contributed by atoms with Gasteiger partial charge in [0.15, 0.2) is 0 Å². The standard InChI is InChI=1S/C10H13BrFN3OS/c11-10-4-3-8(12)9(15-10)7-17(16)13-5-1-2-6-14-17/h3-4H,1-2,5-7H2,(H,13,14,16). The van der Waals surface area contributed by atoms with Crippen molar-refractivity contribution in [2.24, 2.45) is 4.36 Å². The van der Waals surface area contributed by atoms with Gasteiger partial charge in [-0.15, -0.1) is 0 Å². The number of nitrogens with zero attached hydrogens (tertiary/aromatic N) is 2. The first kappa shape index (κ1) is 12.9. The molecule has 94 valence electrons. The summed E-state index contributed by atoms with van der Waals surface area (Å²) in [7, 11) is -2.57. The van der Waals surface area contributed by atoms with Crippen molar-refractivity contribution in [2.45, 2.75) is 18.6 Å². The number of pyridine rings is 1. The minimum absolute atomic E-state index is 0.0122.